The third-order valence-electron chi connectivity index (χ3n) is 4.56. The van der Waals surface area contributed by atoms with Crippen LogP contribution in [0.15, 0.2) is 82.2 Å². The molecule has 0 amide bonds. The number of benzene rings is 3. The van der Waals surface area contributed by atoms with Crippen LogP contribution < -0.4 is 0 Å². The van der Waals surface area contributed by atoms with Gasteiger partial charge in [-0.15, -0.1) is 0 Å². The van der Waals surface area contributed by atoms with Gasteiger partial charge in [-0.3, -0.25) is 4.79 Å². The second kappa shape index (κ2) is 7.90. The van der Waals surface area contributed by atoms with Crippen molar-refractivity contribution in [3.8, 4) is 11.3 Å². The van der Waals surface area contributed by atoms with Crippen molar-refractivity contribution in [2.75, 3.05) is 0 Å². The summed E-state index contributed by atoms with van der Waals surface area (Å²) in [7, 11) is 0. The average molecular weight is 448 g/mol. The number of aromatic nitrogens is 1. The molecule has 1 aromatic heterocycles. The van der Waals surface area contributed by atoms with Crippen molar-refractivity contribution in [3.05, 3.63) is 94.0 Å². The highest BCUT2D eigenvalue weighted by atomic mass is 79.9. The molecule has 0 atom stereocenters. The maximum absolute atomic E-state index is 13.2. The third-order valence-corrected chi connectivity index (χ3v) is 6.00. The van der Waals surface area contributed by atoms with Crippen molar-refractivity contribution in [2.24, 2.45) is 0 Å². The van der Waals surface area contributed by atoms with E-state index in [0.717, 1.165) is 42.7 Å². The third kappa shape index (κ3) is 3.89. The van der Waals surface area contributed by atoms with E-state index in [1.165, 1.54) is 11.8 Å². The van der Waals surface area contributed by atoms with Crippen LogP contribution in [-0.2, 0) is 0 Å². The summed E-state index contributed by atoms with van der Waals surface area (Å²) in [5.41, 5.74) is 5.58. The van der Waals surface area contributed by atoms with E-state index in [0.29, 0.717) is 5.56 Å². The molecule has 0 N–H and O–H groups in total. The monoisotopic (exact) mass is 447 g/mol. The molecule has 28 heavy (non-hydrogen) atoms. The highest BCUT2D eigenvalue weighted by molar-refractivity contribution is 9.10. The first-order valence-electron chi connectivity index (χ1n) is 8.96. The summed E-state index contributed by atoms with van der Waals surface area (Å²) in [5.74, 6) is 0. The summed E-state index contributed by atoms with van der Waals surface area (Å²) >= 11 is 4.73. The first-order valence-corrected chi connectivity index (χ1v) is 10.6. The number of hydrogen-bond donors (Lipinski definition) is 0. The van der Waals surface area contributed by atoms with Gasteiger partial charge in [-0.2, -0.15) is 0 Å². The van der Waals surface area contributed by atoms with Gasteiger partial charge in [-0.1, -0.05) is 57.9 Å². The van der Waals surface area contributed by atoms with E-state index in [1.807, 2.05) is 74.5 Å². The number of carbonyl (C=O) groups is 1. The first-order chi connectivity index (χ1) is 13.5. The van der Waals surface area contributed by atoms with Gasteiger partial charge in [0.05, 0.1) is 11.2 Å². The fraction of sp³-hybridized carbons (Fsp3) is 0.0833. The zero-order chi connectivity index (χ0) is 19.7. The largest absolute Gasteiger partial charge is 0.281 e. The maximum atomic E-state index is 13.2. The molecule has 0 spiro atoms. The fourth-order valence-electron chi connectivity index (χ4n) is 3.27. The van der Waals surface area contributed by atoms with E-state index < -0.39 is 0 Å². The molecule has 0 fully saturated rings. The number of hydrogen-bond acceptors (Lipinski definition) is 3. The Kier molecular flexibility index (Phi) is 5.33. The van der Waals surface area contributed by atoms with Crippen molar-refractivity contribution in [1.29, 1.82) is 0 Å². The van der Waals surface area contributed by atoms with Gasteiger partial charge in [-0.25, -0.2) is 4.98 Å². The van der Waals surface area contributed by atoms with Crippen LogP contribution in [0.4, 0.5) is 0 Å². The molecule has 0 saturated carbocycles. The van der Waals surface area contributed by atoms with Gasteiger partial charge in [0.25, 0.3) is 0 Å². The Morgan fingerprint density at radius 3 is 2.36 bits per heavy atom. The molecule has 0 unspecified atom stereocenters. The Bertz CT molecular complexity index is 1170. The molecule has 4 rings (SSSR count). The minimum Gasteiger partial charge on any atom is -0.281 e. The fourth-order valence-corrected chi connectivity index (χ4v) is 4.32. The second-order valence-corrected chi connectivity index (χ2v) is 8.70. The quantitative estimate of drug-likeness (QED) is 0.310. The molecule has 0 aliphatic heterocycles. The molecule has 4 aromatic rings. The molecular weight excluding hydrogens is 430 g/mol. The number of halogens is 1. The van der Waals surface area contributed by atoms with Crippen LogP contribution >= 0.6 is 27.7 Å². The topological polar surface area (TPSA) is 30.0 Å². The van der Waals surface area contributed by atoms with Crippen LogP contribution in [0.2, 0.25) is 0 Å². The number of pyridine rings is 1. The predicted molar refractivity (Wildman–Crippen MR) is 121 cm³/mol. The number of nitrogens with zero attached hydrogens (tertiary/aromatic N) is 1. The Balaban J connectivity index is 1.89. The number of fused-ring (bicyclic) bond motifs is 1. The number of aryl methyl sites for hydroxylation is 2. The normalized spacial score (nSPS) is 11.0. The van der Waals surface area contributed by atoms with E-state index in [4.69, 9.17) is 4.98 Å². The molecule has 0 bridgehead atoms. The Hall–Kier alpha value is -2.43. The Morgan fingerprint density at radius 1 is 0.929 bits per heavy atom. The molecule has 138 valence electrons. The number of rotatable bonds is 3. The minimum absolute atomic E-state index is 0.0296. The lowest BCUT2D eigenvalue weighted by atomic mass is 10.0. The van der Waals surface area contributed by atoms with Gasteiger partial charge in [0.2, 0.25) is 5.12 Å². The van der Waals surface area contributed by atoms with Crippen LogP contribution in [0.5, 0.6) is 0 Å². The average Bonchev–Trinajstić information content (AvgIpc) is 2.68. The van der Waals surface area contributed by atoms with Crippen LogP contribution in [-0.4, -0.2) is 10.1 Å². The number of thioether (sulfide) groups is 1. The molecule has 1 heterocycles. The van der Waals surface area contributed by atoms with Gasteiger partial charge in [-0.05, 0) is 67.6 Å². The van der Waals surface area contributed by atoms with Gasteiger partial charge >= 0.3 is 0 Å². The van der Waals surface area contributed by atoms with Crippen molar-refractivity contribution >= 4 is 43.7 Å². The lowest BCUT2D eigenvalue weighted by Crippen LogP contribution is -2.00. The highest BCUT2D eigenvalue weighted by Crippen LogP contribution is 2.32. The maximum Gasteiger partial charge on any atom is 0.224 e. The smallest absolute Gasteiger partial charge is 0.224 e. The zero-order valence-electron chi connectivity index (χ0n) is 15.6. The summed E-state index contributed by atoms with van der Waals surface area (Å²) in [5, 5.41) is 0.939. The molecule has 0 aliphatic carbocycles. The predicted octanol–water partition coefficient (Wildman–Crippen LogP) is 7.21. The van der Waals surface area contributed by atoms with Crippen molar-refractivity contribution < 1.29 is 4.79 Å². The van der Waals surface area contributed by atoms with Gasteiger partial charge < -0.3 is 0 Å². The lowest BCUT2D eigenvalue weighted by Gasteiger charge is -2.12. The molecule has 3 aromatic carbocycles. The lowest BCUT2D eigenvalue weighted by molar-refractivity contribution is 0.109. The zero-order valence-corrected chi connectivity index (χ0v) is 18.0. The van der Waals surface area contributed by atoms with Crippen molar-refractivity contribution in [3.63, 3.8) is 0 Å². The van der Waals surface area contributed by atoms with Crippen molar-refractivity contribution in [2.45, 2.75) is 18.7 Å². The first kappa shape index (κ1) is 18.9. The van der Waals surface area contributed by atoms with Crippen LogP contribution in [0.1, 0.15) is 21.5 Å². The molecule has 0 radical (unpaired) electrons. The summed E-state index contributed by atoms with van der Waals surface area (Å²) in [6.45, 7) is 4.10. The summed E-state index contributed by atoms with van der Waals surface area (Å²) in [6.07, 6.45) is 0. The minimum atomic E-state index is 0.0296. The molecule has 4 heteroatoms. The Morgan fingerprint density at radius 2 is 1.64 bits per heavy atom. The van der Waals surface area contributed by atoms with Crippen LogP contribution in [0.3, 0.4) is 0 Å². The van der Waals surface area contributed by atoms with E-state index >= 15 is 0 Å². The standard InChI is InChI=1S/C24H18BrNOS/c1-15-12-16(2)23-20(13-15)21(24(27)28-19-6-4-3-5-7-19)14-22(26-23)17-8-10-18(25)11-9-17/h3-14H,1-2H3. The SMILES string of the molecule is Cc1cc(C)c2nc(-c3ccc(Br)cc3)cc(C(=O)Sc3ccccc3)c2c1. The second-order valence-electron chi connectivity index (χ2n) is 6.74. The van der Waals surface area contributed by atoms with Crippen molar-refractivity contribution in [1.82, 2.24) is 4.98 Å². The molecule has 0 saturated heterocycles. The van der Waals surface area contributed by atoms with Gasteiger partial charge in [0, 0.05) is 25.9 Å². The molecule has 0 aliphatic rings. The molecular formula is C24H18BrNOS. The van der Waals surface area contributed by atoms with E-state index in [-0.39, 0.29) is 5.12 Å². The van der Waals surface area contributed by atoms with Gasteiger partial charge in [0.1, 0.15) is 0 Å². The van der Waals surface area contributed by atoms with Crippen LogP contribution in [0, 0.1) is 13.8 Å². The van der Waals surface area contributed by atoms with Gasteiger partial charge in [0.15, 0.2) is 0 Å². The summed E-state index contributed by atoms with van der Waals surface area (Å²) in [6, 6.07) is 23.9. The van der Waals surface area contributed by atoms with Crippen LogP contribution in [0.25, 0.3) is 22.2 Å². The van der Waals surface area contributed by atoms with E-state index in [1.54, 1.807) is 0 Å². The van der Waals surface area contributed by atoms with E-state index in [9.17, 15) is 4.79 Å². The highest BCUT2D eigenvalue weighted by Gasteiger charge is 2.17. The summed E-state index contributed by atoms with van der Waals surface area (Å²) in [4.78, 5) is 19.0. The number of carbonyl (C=O) groups excluding carboxylic acids is 1. The Labute approximate surface area is 177 Å². The summed E-state index contributed by atoms with van der Waals surface area (Å²) < 4.78 is 1.01. The molecule has 2 nitrogen and oxygen atoms in total. The van der Waals surface area contributed by atoms with E-state index in [2.05, 4.69) is 28.1 Å².